The van der Waals surface area contributed by atoms with Crippen molar-refractivity contribution in [3.05, 3.63) is 0 Å². The third kappa shape index (κ3) is 2.46. The molecule has 1 nitrogen and oxygen atoms in total. The van der Waals surface area contributed by atoms with Crippen LogP contribution in [0.5, 0.6) is 0 Å². The predicted octanol–water partition coefficient (Wildman–Crippen LogP) is 3.36. The van der Waals surface area contributed by atoms with Crippen molar-refractivity contribution in [1.29, 1.82) is 0 Å². The highest BCUT2D eigenvalue weighted by atomic mass is 16.3. The van der Waals surface area contributed by atoms with Crippen molar-refractivity contribution in [1.82, 2.24) is 0 Å². The highest BCUT2D eigenvalue weighted by Crippen LogP contribution is 2.57. The third-order valence-corrected chi connectivity index (χ3v) is 3.79. The minimum Gasteiger partial charge on any atom is -0.393 e. The van der Waals surface area contributed by atoms with Crippen LogP contribution in [0.15, 0.2) is 0 Å². The van der Waals surface area contributed by atoms with Crippen molar-refractivity contribution in [2.45, 2.75) is 65.4 Å². The standard InChI is InChI=1S/C12H24O/c1-4-6-7-8-11(13)12(3)9-10(12)5-2/h10-11,13H,4-9H2,1-3H3/t10-,11?,12-/m1/s1. The lowest BCUT2D eigenvalue weighted by Gasteiger charge is -2.19. The maximum absolute atomic E-state index is 9.98. The average Bonchev–Trinajstić information content (AvgIpc) is 2.79. The lowest BCUT2D eigenvalue weighted by molar-refractivity contribution is 0.0817. The van der Waals surface area contributed by atoms with Crippen LogP contribution in [0.25, 0.3) is 0 Å². The van der Waals surface area contributed by atoms with Gasteiger partial charge in [0.25, 0.3) is 0 Å². The van der Waals surface area contributed by atoms with E-state index in [0.29, 0.717) is 0 Å². The van der Waals surface area contributed by atoms with Crippen molar-refractivity contribution >= 4 is 0 Å². The van der Waals surface area contributed by atoms with Gasteiger partial charge in [-0.2, -0.15) is 0 Å². The Morgan fingerprint density at radius 2 is 2.08 bits per heavy atom. The first kappa shape index (κ1) is 11.0. The lowest BCUT2D eigenvalue weighted by Crippen LogP contribution is -2.20. The van der Waals surface area contributed by atoms with Crippen LogP contribution < -0.4 is 0 Å². The molecule has 78 valence electrons. The number of hydrogen-bond donors (Lipinski definition) is 1. The first-order valence-corrected chi connectivity index (χ1v) is 5.83. The molecule has 1 aliphatic carbocycles. The van der Waals surface area contributed by atoms with Crippen molar-refractivity contribution in [2.24, 2.45) is 11.3 Å². The van der Waals surface area contributed by atoms with Crippen LogP contribution >= 0.6 is 0 Å². The van der Waals surface area contributed by atoms with Gasteiger partial charge in [-0.15, -0.1) is 0 Å². The maximum atomic E-state index is 9.98. The first-order valence-electron chi connectivity index (χ1n) is 5.83. The van der Waals surface area contributed by atoms with E-state index in [4.69, 9.17) is 0 Å². The van der Waals surface area contributed by atoms with Gasteiger partial charge in [0.05, 0.1) is 6.10 Å². The Hall–Kier alpha value is -0.0400. The molecule has 0 aromatic rings. The van der Waals surface area contributed by atoms with Gasteiger partial charge >= 0.3 is 0 Å². The molecule has 1 aliphatic rings. The summed E-state index contributed by atoms with van der Waals surface area (Å²) in [5.74, 6) is 0.795. The van der Waals surface area contributed by atoms with Gasteiger partial charge in [-0.25, -0.2) is 0 Å². The van der Waals surface area contributed by atoms with Crippen molar-refractivity contribution in [2.75, 3.05) is 0 Å². The normalized spacial score (nSPS) is 34.6. The summed E-state index contributed by atoms with van der Waals surface area (Å²) in [7, 11) is 0. The molecule has 0 aromatic carbocycles. The molecule has 1 heteroatoms. The first-order chi connectivity index (χ1) is 6.15. The molecule has 1 saturated carbocycles. The van der Waals surface area contributed by atoms with Gasteiger partial charge < -0.3 is 5.11 Å². The van der Waals surface area contributed by atoms with Crippen molar-refractivity contribution in [3.8, 4) is 0 Å². The fourth-order valence-corrected chi connectivity index (χ4v) is 2.41. The van der Waals surface area contributed by atoms with Gasteiger partial charge in [-0.1, -0.05) is 46.5 Å². The second kappa shape index (κ2) is 4.45. The van der Waals surface area contributed by atoms with E-state index in [9.17, 15) is 5.11 Å². The van der Waals surface area contributed by atoms with Crippen LogP contribution in [-0.2, 0) is 0 Å². The van der Waals surface area contributed by atoms with Crippen LogP contribution in [0, 0.1) is 11.3 Å². The SMILES string of the molecule is CCCCCC(O)[C@]1(C)C[C@H]1CC. The molecule has 1 N–H and O–H groups in total. The number of unbranched alkanes of at least 4 members (excludes halogenated alkanes) is 2. The fraction of sp³-hybridized carbons (Fsp3) is 1.00. The highest BCUT2D eigenvalue weighted by molar-refractivity contribution is 5.02. The fourth-order valence-electron chi connectivity index (χ4n) is 2.41. The smallest absolute Gasteiger partial charge is 0.0596 e. The zero-order valence-corrected chi connectivity index (χ0v) is 9.34. The molecule has 0 aliphatic heterocycles. The van der Waals surface area contributed by atoms with E-state index in [1.54, 1.807) is 0 Å². The largest absolute Gasteiger partial charge is 0.393 e. The van der Waals surface area contributed by atoms with Gasteiger partial charge in [-0.3, -0.25) is 0 Å². The zero-order chi connectivity index (χ0) is 9.90. The van der Waals surface area contributed by atoms with Gasteiger partial charge in [0.1, 0.15) is 0 Å². The monoisotopic (exact) mass is 184 g/mol. The summed E-state index contributed by atoms with van der Waals surface area (Å²) in [4.78, 5) is 0. The van der Waals surface area contributed by atoms with E-state index < -0.39 is 0 Å². The summed E-state index contributed by atoms with van der Waals surface area (Å²) in [6.45, 7) is 6.69. The third-order valence-electron chi connectivity index (χ3n) is 3.79. The second-order valence-electron chi connectivity index (χ2n) is 4.83. The number of hydrogen-bond acceptors (Lipinski definition) is 1. The minimum absolute atomic E-state index is 0.0380. The predicted molar refractivity (Wildman–Crippen MR) is 56.7 cm³/mol. The molecule has 0 radical (unpaired) electrons. The van der Waals surface area contributed by atoms with E-state index in [-0.39, 0.29) is 11.5 Å². The molecule has 13 heavy (non-hydrogen) atoms. The zero-order valence-electron chi connectivity index (χ0n) is 9.34. The summed E-state index contributed by atoms with van der Waals surface area (Å²) < 4.78 is 0. The number of aliphatic hydroxyl groups is 1. The molecule has 0 heterocycles. The van der Waals surface area contributed by atoms with Crippen LogP contribution in [0.3, 0.4) is 0 Å². The van der Waals surface area contributed by atoms with Crippen LogP contribution in [0.1, 0.15) is 59.3 Å². The van der Waals surface area contributed by atoms with Crippen molar-refractivity contribution in [3.63, 3.8) is 0 Å². The van der Waals surface area contributed by atoms with E-state index in [1.165, 1.54) is 32.1 Å². The summed E-state index contributed by atoms with van der Waals surface area (Å²) in [5, 5.41) is 9.98. The molecule has 0 spiro atoms. The van der Waals surface area contributed by atoms with Gasteiger partial charge in [0, 0.05) is 0 Å². The molecule has 0 bridgehead atoms. The summed E-state index contributed by atoms with van der Waals surface area (Å²) in [5.41, 5.74) is 0.280. The topological polar surface area (TPSA) is 20.2 Å². The highest BCUT2D eigenvalue weighted by Gasteiger charge is 2.52. The Bertz CT molecular complexity index is 155. The summed E-state index contributed by atoms with van der Waals surface area (Å²) in [6, 6.07) is 0. The molecule has 1 fully saturated rings. The maximum Gasteiger partial charge on any atom is 0.0596 e. The molecule has 1 unspecified atom stereocenters. The molecule has 1 rings (SSSR count). The Balaban J connectivity index is 2.20. The Labute approximate surface area is 82.5 Å². The van der Waals surface area contributed by atoms with E-state index in [2.05, 4.69) is 20.8 Å². The van der Waals surface area contributed by atoms with E-state index in [0.717, 1.165) is 12.3 Å². The molecule has 3 atom stereocenters. The van der Waals surface area contributed by atoms with Crippen LogP contribution in [-0.4, -0.2) is 11.2 Å². The molecular weight excluding hydrogens is 160 g/mol. The van der Waals surface area contributed by atoms with Gasteiger partial charge in [-0.05, 0) is 24.2 Å². The Morgan fingerprint density at radius 3 is 2.54 bits per heavy atom. The molecular formula is C12H24O. The minimum atomic E-state index is -0.0380. The number of rotatable bonds is 6. The Morgan fingerprint density at radius 1 is 1.38 bits per heavy atom. The second-order valence-corrected chi connectivity index (χ2v) is 4.83. The van der Waals surface area contributed by atoms with E-state index >= 15 is 0 Å². The summed E-state index contributed by atoms with van der Waals surface area (Å²) >= 11 is 0. The molecule has 0 aromatic heterocycles. The van der Waals surface area contributed by atoms with Crippen molar-refractivity contribution < 1.29 is 5.11 Å². The lowest BCUT2D eigenvalue weighted by atomic mass is 9.93. The van der Waals surface area contributed by atoms with E-state index in [1.807, 2.05) is 0 Å². The molecule has 0 saturated heterocycles. The quantitative estimate of drug-likeness (QED) is 0.627. The van der Waals surface area contributed by atoms with Gasteiger partial charge in [0.15, 0.2) is 0 Å². The van der Waals surface area contributed by atoms with Crippen LogP contribution in [0.4, 0.5) is 0 Å². The number of aliphatic hydroxyl groups excluding tert-OH is 1. The Kier molecular flexibility index (Phi) is 3.78. The van der Waals surface area contributed by atoms with Crippen LogP contribution in [0.2, 0.25) is 0 Å². The summed E-state index contributed by atoms with van der Waals surface area (Å²) in [6.07, 6.45) is 7.18. The average molecular weight is 184 g/mol. The molecule has 0 amide bonds. The van der Waals surface area contributed by atoms with Gasteiger partial charge in [0.2, 0.25) is 0 Å².